The van der Waals surface area contributed by atoms with E-state index >= 15 is 0 Å². The summed E-state index contributed by atoms with van der Waals surface area (Å²) in [5.41, 5.74) is 3.13. The van der Waals surface area contributed by atoms with Crippen LogP contribution in [-0.2, 0) is 6.42 Å². The van der Waals surface area contributed by atoms with Gasteiger partial charge in [-0.15, -0.1) is 0 Å². The molecule has 0 aliphatic carbocycles. The number of Topliss-reactive ketones (excluding diaryl/α,β-unsaturated/α-hetero) is 1. The molecule has 2 N–H and O–H groups in total. The fraction of sp³-hybridized carbons (Fsp3) is 0.286. The van der Waals surface area contributed by atoms with E-state index in [1.165, 1.54) is 25.3 Å². The quantitative estimate of drug-likeness (QED) is 0.813. The average molecular weight is 354 g/mol. The maximum Gasteiger partial charge on any atom is 0.177 e. The van der Waals surface area contributed by atoms with Crippen LogP contribution in [0.15, 0.2) is 42.0 Å². The van der Waals surface area contributed by atoms with E-state index in [4.69, 9.17) is 9.47 Å². The van der Waals surface area contributed by atoms with Crippen molar-refractivity contribution < 1.29 is 24.5 Å². The zero-order valence-electron chi connectivity index (χ0n) is 15.1. The van der Waals surface area contributed by atoms with Crippen molar-refractivity contribution in [1.82, 2.24) is 0 Å². The maximum atomic E-state index is 13.1. The molecule has 0 saturated carbocycles. The summed E-state index contributed by atoms with van der Waals surface area (Å²) >= 11 is 0. The Morgan fingerprint density at radius 3 is 2.69 bits per heavy atom. The number of phenolic OH excluding ortho intramolecular Hbond substituents is 2. The summed E-state index contributed by atoms with van der Waals surface area (Å²) in [6.07, 6.45) is 2.62. The molecule has 5 nitrogen and oxygen atoms in total. The summed E-state index contributed by atoms with van der Waals surface area (Å²) in [6, 6.07) is 7.67. The van der Waals surface area contributed by atoms with Gasteiger partial charge in [-0.25, -0.2) is 0 Å². The van der Waals surface area contributed by atoms with Gasteiger partial charge in [0.2, 0.25) is 0 Å². The third-order valence-electron chi connectivity index (χ3n) is 4.46. The van der Waals surface area contributed by atoms with Crippen molar-refractivity contribution in [3.05, 3.63) is 58.7 Å². The van der Waals surface area contributed by atoms with Crippen LogP contribution in [0.3, 0.4) is 0 Å². The van der Waals surface area contributed by atoms with Crippen molar-refractivity contribution in [2.24, 2.45) is 0 Å². The Morgan fingerprint density at radius 1 is 1.23 bits per heavy atom. The fourth-order valence-corrected chi connectivity index (χ4v) is 3.20. The summed E-state index contributed by atoms with van der Waals surface area (Å²) in [7, 11) is 1.52. The predicted octanol–water partition coefficient (Wildman–Crippen LogP) is 3.97. The Hall–Kier alpha value is -2.95. The van der Waals surface area contributed by atoms with E-state index in [9.17, 15) is 15.0 Å². The van der Waals surface area contributed by atoms with Crippen LogP contribution < -0.4 is 9.47 Å². The van der Waals surface area contributed by atoms with Crippen molar-refractivity contribution in [3.63, 3.8) is 0 Å². The van der Waals surface area contributed by atoms with Gasteiger partial charge in [0.25, 0.3) is 0 Å². The lowest BCUT2D eigenvalue weighted by molar-refractivity contribution is 0.0893. The highest BCUT2D eigenvalue weighted by Crippen LogP contribution is 2.41. The Labute approximate surface area is 152 Å². The molecule has 0 fully saturated rings. The molecule has 1 aliphatic rings. The van der Waals surface area contributed by atoms with Crippen LogP contribution >= 0.6 is 0 Å². The lowest BCUT2D eigenvalue weighted by Crippen LogP contribution is -2.27. The molecule has 0 aromatic heterocycles. The first-order chi connectivity index (χ1) is 12.4. The van der Waals surface area contributed by atoms with E-state index in [2.05, 4.69) is 0 Å². The fourth-order valence-electron chi connectivity index (χ4n) is 3.20. The van der Waals surface area contributed by atoms with E-state index in [-0.39, 0.29) is 23.9 Å². The number of aromatic hydroxyl groups is 2. The largest absolute Gasteiger partial charge is 0.508 e. The number of ether oxygens (including phenoxy) is 2. The molecule has 0 amide bonds. The molecular weight excluding hydrogens is 332 g/mol. The first-order valence-electron chi connectivity index (χ1n) is 8.44. The van der Waals surface area contributed by atoms with Crippen molar-refractivity contribution in [2.45, 2.75) is 26.2 Å². The van der Waals surface area contributed by atoms with Crippen molar-refractivity contribution in [2.75, 3.05) is 13.7 Å². The second-order valence-corrected chi connectivity index (χ2v) is 6.61. The van der Waals surface area contributed by atoms with Gasteiger partial charge in [-0.05, 0) is 44.0 Å². The maximum absolute atomic E-state index is 13.1. The summed E-state index contributed by atoms with van der Waals surface area (Å²) in [5.74, 6) is 0.372. The van der Waals surface area contributed by atoms with E-state index in [1.807, 2.05) is 19.9 Å². The second-order valence-electron chi connectivity index (χ2n) is 6.61. The zero-order chi connectivity index (χ0) is 18.8. The standard InChI is InChI=1S/C21H22O5/c1-12(2)4-5-13-8-15(23)10-19(25-3)20(13)17-11-26-18-9-14(22)6-7-16(18)21(17)24/h4,6-10,17,22-23H,5,11H2,1-3H3. The van der Waals surface area contributed by atoms with Crippen LogP contribution in [0.4, 0.5) is 0 Å². The van der Waals surface area contributed by atoms with Gasteiger partial charge in [0.1, 0.15) is 29.6 Å². The van der Waals surface area contributed by atoms with Crippen LogP contribution in [0.25, 0.3) is 0 Å². The van der Waals surface area contributed by atoms with Gasteiger partial charge in [0.15, 0.2) is 5.78 Å². The number of hydrogen-bond acceptors (Lipinski definition) is 5. The van der Waals surface area contributed by atoms with Gasteiger partial charge in [-0.2, -0.15) is 0 Å². The predicted molar refractivity (Wildman–Crippen MR) is 98.5 cm³/mol. The zero-order valence-corrected chi connectivity index (χ0v) is 15.1. The summed E-state index contributed by atoms with van der Waals surface area (Å²) in [5, 5.41) is 19.6. The van der Waals surface area contributed by atoms with Crippen molar-refractivity contribution >= 4 is 5.78 Å². The monoisotopic (exact) mass is 354 g/mol. The molecule has 5 heteroatoms. The van der Waals surface area contributed by atoms with E-state index < -0.39 is 5.92 Å². The molecular formula is C21H22O5. The van der Waals surface area contributed by atoms with Crippen LogP contribution in [0.2, 0.25) is 0 Å². The molecule has 1 atom stereocenters. The third kappa shape index (κ3) is 3.38. The second kappa shape index (κ2) is 7.12. The average Bonchev–Trinajstić information content (AvgIpc) is 2.60. The highest BCUT2D eigenvalue weighted by Gasteiger charge is 2.34. The molecule has 1 aliphatic heterocycles. The number of ketones is 1. The minimum absolute atomic E-state index is 0.0569. The van der Waals surface area contributed by atoms with E-state index in [0.29, 0.717) is 23.5 Å². The summed E-state index contributed by atoms with van der Waals surface area (Å²) < 4.78 is 11.2. The minimum atomic E-state index is -0.539. The molecule has 26 heavy (non-hydrogen) atoms. The first-order valence-corrected chi connectivity index (χ1v) is 8.44. The molecule has 1 heterocycles. The molecule has 1 unspecified atom stereocenters. The molecule has 3 rings (SSSR count). The minimum Gasteiger partial charge on any atom is -0.508 e. The molecule has 136 valence electrons. The van der Waals surface area contributed by atoms with Crippen LogP contribution in [-0.4, -0.2) is 29.7 Å². The molecule has 0 bridgehead atoms. The van der Waals surface area contributed by atoms with Gasteiger partial charge in [0, 0.05) is 17.7 Å². The third-order valence-corrected chi connectivity index (χ3v) is 4.46. The van der Waals surface area contributed by atoms with Crippen LogP contribution in [0.5, 0.6) is 23.0 Å². The highest BCUT2D eigenvalue weighted by atomic mass is 16.5. The van der Waals surface area contributed by atoms with Gasteiger partial charge in [0.05, 0.1) is 18.6 Å². The Bertz CT molecular complexity index is 878. The van der Waals surface area contributed by atoms with E-state index in [0.717, 1.165) is 16.7 Å². The smallest absolute Gasteiger partial charge is 0.177 e. The highest BCUT2D eigenvalue weighted by molar-refractivity contribution is 6.05. The number of carbonyl (C=O) groups is 1. The van der Waals surface area contributed by atoms with Gasteiger partial charge in [-0.3, -0.25) is 4.79 Å². The molecule has 2 aromatic carbocycles. The number of rotatable bonds is 4. The number of hydrogen-bond donors (Lipinski definition) is 2. The lowest BCUT2D eigenvalue weighted by atomic mass is 9.84. The number of allylic oxidation sites excluding steroid dienone is 2. The van der Waals surface area contributed by atoms with Crippen molar-refractivity contribution in [3.8, 4) is 23.0 Å². The molecule has 2 aromatic rings. The summed E-state index contributed by atoms with van der Waals surface area (Å²) in [6.45, 7) is 4.15. The number of phenols is 2. The number of benzene rings is 2. The van der Waals surface area contributed by atoms with Gasteiger partial charge < -0.3 is 19.7 Å². The molecule has 0 radical (unpaired) electrons. The van der Waals surface area contributed by atoms with E-state index in [1.54, 1.807) is 12.1 Å². The number of carbonyl (C=O) groups excluding carboxylic acids is 1. The Balaban J connectivity index is 2.09. The van der Waals surface area contributed by atoms with Crippen molar-refractivity contribution in [1.29, 1.82) is 0 Å². The molecule has 0 saturated heterocycles. The lowest BCUT2D eigenvalue weighted by Gasteiger charge is -2.27. The number of fused-ring (bicyclic) bond motifs is 1. The Morgan fingerprint density at radius 2 is 2.00 bits per heavy atom. The van der Waals surface area contributed by atoms with Crippen LogP contribution in [0, 0.1) is 0 Å². The normalized spacial score (nSPS) is 15.8. The molecule has 0 spiro atoms. The van der Waals surface area contributed by atoms with Crippen LogP contribution in [0.1, 0.15) is 41.3 Å². The SMILES string of the molecule is COc1cc(O)cc(CC=C(C)C)c1C1COc2cc(O)ccc2C1=O. The summed E-state index contributed by atoms with van der Waals surface area (Å²) in [4.78, 5) is 13.1. The first kappa shape index (κ1) is 17.9. The number of methoxy groups -OCH3 is 1. The Kier molecular flexibility index (Phi) is 4.89. The van der Waals surface area contributed by atoms with Gasteiger partial charge >= 0.3 is 0 Å². The topological polar surface area (TPSA) is 76.0 Å². The van der Waals surface area contributed by atoms with Gasteiger partial charge in [-0.1, -0.05) is 11.6 Å².